The molecular formula is C17H19N2S+. The summed E-state index contributed by atoms with van der Waals surface area (Å²) in [5.74, 6) is 0.486. The molecule has 0 unspecified atom stereocenters. The Morgan fingerprint density at radius 2 is 1.95 bits per heavy atom. The van der Waals surface area contributed by atoms with E-state index in [1.54, 1.807) is 11.3 Å². The van der Waals surface area contributed by atoms with Gasteiger partial charge in [-0.3, -0.25) is 0 Å². The van der Waals surface area contributed by atoms with Gasteiger partial charge in [0, 0.05) is 17.5 Å². The van der Waals surface area contributed by atoms with Crippen LogP contribution >= 0.6 is 11.3 Å². The van der Waals surface area contributed by atoms with Gasteiger partial charge in [-0.25, -0.2) is 4.98 Å². The quantitative estimate of drug-likeness (QED) is 0.643. The van der Waals surface area contributed by atoms with Gasteiger partial charge in [-0.15, -0.1) is 11.3 Å². The molecule has 0 spiro atoms. The second kappa shape index (κ2) is 4.98. The summed E-state index contributed by atoms with van der Waals surface area (Å²) in [6.45, 7) is 6.55. The zero-order valence-electron chi connectivity index (χ0n) is 12.3. The number of thiazole rings is 1. The number of aromatic nitrogens is 2. The van der Waals surface area contributed by atoms with Crippen molar-refractivity contribution in [3.63, 3.8) is 0 Å². The van der Waals surface area contributed by atoms with Crippen LogP contribution in [0.4, 0.5) is 0 Å². The van der Waals surface area contributed by atoms with Crippen molar-refractivity contribution in [2.45, 2.75) is 26.7 Å². The molecule has 0 radical (unpaired) electrons. The average molecular weight is 283 g/mol. The van der Waals surface area contributed by atoms with E-state index in [-0.39, 0.29) is 0 Å². The number of hydrogen-bond donors (Lipinski definition) is 0. The minimum atomic E-state index is 0.486. The van der Waals surface area contributed by atoms with Gasteiger partial charge in [0.15, 0.2) is 6.20 Å². The summed E-state index contributed by atoms with van der Waals surface area (Å²) in [4.78, 5) is 4.73. The van der Waals surface area contributed by atoms with E-state index in [0.717, 1.165) is 5.52 Å². The van der Waals surface area contributed by atoms with Crippen molar-refractivity contribution in [2.75, 3.05) is 0 Å². The van der Waals surface area contributed by atoms with E-state index in [0.29, 0.717) is 5.92 Å². The third kappa shape index (κ3) is 2.22. The summed E-state index contributed by atoms with van der Waals surface area (Å²) in [5.41, 5.74) is 4.93. The van der Waals surface area contributed by atoms with Gasteiger partial charge in [-0.2, -0.15) is 4.57 Å². The Morgan fingerprint density at radius 1 is 1.20 bits per heavy atom. The molecule has 2 aromatic heterocycles. The highest BCUT2D eigenvalue weighted by molar-refractivity contribution is 7.18. The zero-order valence-corrected chi connectivity index (χ0v) is 13.2. The zero-order chi connectivity index (χ0) is 14.3. The van der Waals surface area contributed by atoms with Gasteiger partial charge < -0.3 is 0 Å². The number of aryl methyl sites for hydroxylation is 2. The van der Waals surface area contributed by atoms with Gasteiger partial charge in [0.05, 0.1) is 9.71 Å². The van der Waals surface area contributed by atoms with Crippen molar-refractivity contribution < 1.29 is 4.57 Å². The topological polar surface area (TPSA) is 16.8 Å². The summed E-state index contributed by atoms with van der Waals surface area (Å²) in [5, 5.41) is 1.21. The summed E-state index contributed by atoms with van der Waals surface area (Å²) >= 11 is 1.80. The Morgan fingerprint density at radius 3 is 2.65 bits per heavy atom. The molecule has 3 heteroatoms. The second-order valence-corrected chi connectivity index (χ2v) is 6.60. The number of fused-ring (bicyclic) bond motifs is 1. The minimum absolute atomic E-state index is 0.486. The van der Waals surface area contributed by atoms with Crippen LogP contribution in [-0.2, 0) is 7.05 Å². The first-order chi connectivity index (χ1) is 9.56. The van der Waals surface area contributed by atoms with E-state index in [1.165, 1.54) is 26.5 Å². The molecule has 1 aromatic carbocycles. The highest BCUT2D eigenvalue weighted by Crippen LogP contribution is 2.29. The molecule has 0 saturated heterocycles. The Hall–Kier alpha value is -1.74. The number of nitrogens with zero attached hydrogens (tertiary/aromatic N) is 2. The van der Waals surface area contributed by atoms with Crippen LogP contribution < -0.4 is 4.57 Å². The molecule has 0 aliphatic heterocycles. The SMILES string of the molecule is Cc1ccccc1-c1cc2sc(C(C)C)nc2c[n+]1C. The van der Waals surface area contributed by atoms with E-state index in [4.69, 9.17) is 4.98 Å². The van der Waals surface area contributed by atoms with Crippen molar-refractivity contribution in [3.8, 4) is 11.3 Å². The van der Waals surface area contributed by atoms with Crippen molar-refractivity contribution in [1.82, 2.24) is 4.98 Å². The summed E-state index contributed by atoms with van der Waals surface area (Å²) < 4.78 is 3.44. The largest absolute Gasteiger partial charge is 0.235 e. The van der Waals surface area contributed by atoms with Crippen LogP contribution in [0.25, 0.3) is 21.5 Å². The molecular weight excluding hydrogens is 264 g/mol. The van der Waals surface area contributed by atoms with Crippen molar-refractivity contribution in [3.05, 3.63) is 47.1 Å². The van der Waals surface area contributed by atoms with Gasteiger partial charge in [-0.1, -0.05) is 32.0 Å². The minimum Gasteiger partial charge on any atom is -0.235 e. The molecule has 3 aromatic rings. The second-order valence-electron chi connectivity index (χ2n) is 5.54. The molecule has 3 rings (SSSR count). The van der Waals surface area contributed by atoms with E-state index >= 15 is 0 Å². The highest BCUT2D eigenvalue weighted by atomic mass is 32.1. The third-order valence-corrected chi connectivity index (χ3v) is 4.90. The van der Waals surface area contributed by atoms with E-state index in [9.17, 15) is 0 Å². The third-order valence-electron chi connectivity index (χ3n) is 3.58. The predicted molar refractivity (Wildman–Crippen MR) is 85.1 cm³/mol. The Bertz CT molecular complexity index is 772. The maximum Gasteiger partial charge on any atom is 0.214 e. The van der Waals surface area contributed by atoms with E-state index in [2.05, 4.69) is 68.9 Å². The predicted octanol–water partition coefficient (Wildman–Crippen LogP) is 4.22. The molecule has 0 bridgehead atoms. The lowest BCUT2D eigenvalue weighted by Gasteiger charge is -2.03. The summed E-state index contributed by atoms with van der Waals surface area (Å²) in [6.07, 6.45) is 2.14. The van der Waals surface area contributed by atoms with Crippen LogP contribution in [0.5, 0.6) is 0 Å². The lowest BCUT2D eigenvalue weighted by molar-refractivity contribution is -0.659. The molecule has 0 N–H and O–H groups in total. The van der Waals surface area contributed by atoms with Crippen molar-refractivity contribution >= 4 is 21.6 Å². The van der Waals surface area contributed by atoms with Gasteiger partial charge in [0.1, 0.15) is 12.6 Å². The maximum atomic E-state index is 4.73. The molecule has 20 heavy (non-hydrogen) atoms. The first-order valence-electron chi connectivity index (χ1n) is 6.92. The van der Waals surface area contributed by atoms with Gasteiger partial charge in [0.25, 0.3) is 0 Å². The van der Waals surface area contributed by atoms with Gasteiger partial charge in [0.2, 0.25) is 5.69 Å². The number of hydrogen-bond acceptors (Lipinski definition) is 2. The molecule has 0 aliphatic carbocycles. The maximum absolute atomic E-state index is 4.73. The smallest absolute Gasteiger partial charge is 0.214 e. The van der Waals surface area contributed by atoms with Crippen LogP contribution in [0.1, 0.15) is 30.3 Å². The van der Waals surface area contributed by atoms with Gasteiger partial charge in [-0.05, 0) is 18.6 Å². The van der Waals surface area contributed by atoms with Crippen LogP contribution in [0.3, 0.4) is 0 Å². The monoisotopic (exact) mass is 283 g/mol. The Kier molecular flexibility index (Phi) is 3.30. The molecule has 0 saturated carbocycles. The molecule has 102 valence electrons. The molecule has 0 atom stereocenters. The van der Waals surface area contributed by atoms with Crippen LogP contribution in [0, 0.1) is 6.92 Å². The van der Waals surface area contributed by atoms with E-state index in [1.807, 2.05) is 0 Å². The molecule has 0 amide bonds. The summed E-state index contributed by atoms with van der Waals surface area (Å²) in [7, 11) is 2.09. The van der Waals surface area contributed by atoms with Crippen LogP contribution in [0.2, 0.25) is 0 Å². The molecule has 2 nitrogen and oxygen atoms in total. The highest BCUT2D eigenvalue weighted by Gasteiger charge is 2.17. The molecule has 0 aliphatic rings. The number of benzene rings is 1. The van der Waals surface area contributed by atoms with E-state index < -0.39 is 0 Å². The Balaban J connectivity index is 2.22. The number of pyridine rings is 1. The fraction of sp³-hybridized carbons (Fsp3) is 0.294. The summed E-state index contributed by atoms with van der Waals surface area (Å²) in [6, 6.07) is 10.8. The van der Waals surface area contributed by atoms with Crippen LogP contribution in [-0.4, -0.2) is 4.98 Å². The van der Waals surface area contributed by atoms with Crippen molar-refractivity contribution in [1.29, 1.82) is 0 Å². The normalized spacial score (nSPS) is 11.4. The van der Waals surface area contributed by atoms with Crippen molar-refractivity contribution in [2.24, 2.45) is 7.05 Å². The van der Waals surface area contributed by atoms with Crippen LogP contribution in [0.15, 0.2) is 36.5 Å². The first kappa shape index (κ1) is 13.3. The fourth-order valence-corrected chi connectivity index (χ4v) is 3.39. The Labute approximate surface area is 123 Å². The lowest BCUT2D eigenvalue weighted by atomic mass is 10.1. The molecule has 0 fully saturated rings. The molecule has 2 heterocycles. The van der Waals surface area contributed by atoms with Gasteiger partial charge >= 0.3 is 0 Å². The fourth-order valence-electron chi connectivity index (χ4n) is 2.41. The average Bonchev–Trinajstić information content (AvgIpc) is 2.81. The lowest BCUT2D eigenvalue weighted by Crippen LogP contribution is -2.30. The standard InChI is InChI=1S/C17H19N2S/c1-11(2)17-18-14-10-19(4)15(9-16(14)20-17)13-8-6-5-7-12(13)3/h5-11H,1-4H3/q+1. The number of rotatable bonds is 2. The first-order valence-corrected chi connectivity index (χ1v) is 7.74.